The largest absolute Gasteiger partial charge is 0.453 e. The molecule has 1 aromatic carbocycles. The minimum Gasteiger partial charge on any atom is -0.453 e. The van der Waals surface area contributed by atoms with Gasteiger partial charge in [0.15, 0.2) is 11.8 Å². The lowest BCUT2D eigenvalue weighted by Gasteiger charge is -2.07. The Bertz CT molecular complexity index is 784. The van der Waals surface area contributed by atoms with Crippen LogP contribution in [0.3, 0.4) is 0 Å². The van der Waals surface area contributed by atoms with Gasteiger partial charge in [0.2, 0.25) is 0 Å². The predicted molar refractivity (Wildman–Crippen MR) is 74.6 cm³/mol. The molecule has 10 nitrogen and oxygen atoms in total. The van der Waals surface area contributed by atoms with Gasteiger partial charge in [0.05, 0.1) is 0 Å². The van der Waals surface area contributed by atoms with Crippen LogP contribution in [-0.4, -0.2) is 30.1 Å². The van der Waals surface area contributed by atoms with E-state index in [0.29, 0.717) is 4.90 Å². The quantitative estimate of drug-likeness (QED) is 0.546. The first kappa shape index (κ1) is 16.9. The summed E-state index contributed by atoms with van der Waals surface area (Å²) in [6.45, 7) is 0.811. The molecule has 0 aliphatic carbocycles. The lowest BCUT2D eigenvalue weighted by Crippen LogP contribution is -2.45. The molecule has 0 unspecified atom stereocenters. The van der Waals surface area contributed by atoms with Gasteiger partial charge >= 0.3 is 23.5 Å². The van der Waals surface area contributed by atoms with E-state index in [-0.39, 0.29) is 22.7 Å². The van der Waals surface area contributed by atoms with Crippen molar-refractivity contribution in [2.24, 2.45) is 5.73 Å². The van der Waals surface area contributed by atoms with Crippen LogP contribution in [0.15, 0.2) is 28.9 Å². The highest BCUT2D eigenvalue weighted by Crippen LogP contribution is 2.19. The maximum absolute atomic E-state index is 12.2. The Labute approximate surface area is 135 Å². The molecule has 0 saturated carbocycles. The number of nitrogens with zero attached hydrogens (tertiary/aromatic N) is 2. The number of carbonyl (C=O) groups excluding carboxylic acids is 3. The third kappa shape index (κ3) is 3.66. The summed E-state index contributed by atoms with van der Waals surface area (Å²) in [6.07, 6.45) is 0. The highest BCUT2D eigenvalue weighted by atomic mass is 16.9. The summed E-state index contributed by atoms with van der Waals surface area (Å²) in [5.74, 6) is -2.18. The number of hydrogen-bond acceptors (Lipinski definition) is 8. The molecule has 2 aromatic rings. The molecule has 1 aromatic heterocycles. The third-order valence-corrected chi connectivity index (χ3v) is 2.78. The number of hydrogen-bond donors (Lipinski definition) is 1. The molecule has 0 aliphatic heterocycles. The number of benzene rings is 1. The van der Waals surface area contributed by atoms with E-state index in [2.05, 4.69) is 5.16 Å². The molecule has 1 heterocycles. The average Bonchev–Trinajstić information content (AvgIpc) is 2.95. The Morgan fingerprint density at radius 3 is 2.62 bits per heavy atom. The molecule has 2 N–H and O–H groups in total. The summed E-state index contributed by atoms with van der Waals surface area (Å²) in [5.41, 5.74) is 5.01. The third-order valence-electron chi connectivity index (χ3n) is 2.78. The predicted octanol–water partition coefficient (Wildman–Crippen LogP) is -0.598. The van der Waals surface area contributed by atoms with Crippen LogP contribution in [0.5, 0.6) is 5.75 Å². The van der Waals surface area contributed by atoms with Crippen molar-refractivity contribution in [2.45, 2.75) is 13.5 Å². The molecule has 0 bridgehead atoms. The first-order valence-electron chi connectivity index (χ1n) is 6.64. The number of nitrogens with two attached hydrogens (primary N) is 1. The molecule has 10 heteroatoms. The molecule has 2 rings (SSSR count). The van der Waals surface area contributed by atoms with Gasteiger partial charge in [0.1, 0.15) is 23.3 Å². The van der Waals surface area contributed by atoms with E-state index < -0.39 is 24.5 Å². The number of primary amides is 1. The summed E-state index contributed by atoms with van der Waals surface area (Å²) in [6, 6.07) is 6.04. The van der Waals surface area contributed by atoms with Gasteiger partial charge in [-0.15, -0.1) is 0 Å². The van der Waals surface area contributed by atoms with Gasteiger partial charge in [-0.2, -0.15) is 0 Å². The lowest BCUT2D eigenvalue weighted by atomic mass is 10.2. The van der Waals surface area contributed by atoms with Crippen molar-refractivity contribution < 1.29 is 38.2 Å². The van der Waals surface area contributed by atoms with E-state index in [1.54, 1.807) is 12.1 Å². The normalized spacial score (nSPS) is 10.1. The van der Waals surface area contributed by atoms with Crippen LogP contribution in [0.2, 0.25) is 0 Å². The van der Waals surface area contributed by atoms with Crippen molar-refractivity contribution in [3.63, 3.8) is 0 Å². The van der Waals surface area contributed by atoms with Gasteiger partial charge in [0.25, 0.3) is 5.69 Å². The zero-order valence-electron chi connectivity index (χ0n) is 12.8. The van der Waals surface area contributed by atoms with Crippen LogP contribution in [0.1, 0.15) is 33.5 Å². The number of rotatable bonds is 6. The van der Waals surface area contributed by atoms with Gasteiger partial charge < -0.3 is 20.0 Å². The number of esters is 2. The fraction of sp³-hybridized carbons (Fsp3) is 0.214. The summed E-state index contributed by atoms with van der Waals surface area (Å²) >= 11 is 0. The van der Waals surface area contributed by atoms with Crippen LogP contribution in [-0.2, 0) is 16.1 Å². The number of aromatic nitrogens is 2. The molecule has 0 aliphatic rings. The van der Waals surface area contributed by atoms with Crippen molar-refractivity contribution in [2.75, 3.05) is 7.11 Å². The van der Waals surface area contributed by atoms with Crippen LogP contribution in [0, 0.1) is 0 Å². The fourth-order valence-electron chi connectivity index (χ4n) is 1.82. The average molecular weight is 336 g/mol. The summed E-state index contributed by atoms with van der Waals surface area (Å²) in [4.78, 5) is 40.0. The van der Waals surface area contributed by atoms with Crippen molar-refractivity contribution in [1.29, 1.82) is 0 Å². The Hall–Kier alpha value is -3.43. The molecule has 0 fully saturated rings. The first-order valence-corrected chi connectivity index (χ1v) is 6.64. The second kappa shape index (κ2) is 7.22. The van der Waals surface area contributed by atoms with Crippen LogP contribution in [0.4, 0.5) is 0 Å². The zero-order chi connectivity index (χ0) is 17.7. The maximum Gasteiger partial charge on any atom is 0.342 e. The second-order valence-corrected chi connectivity index (χ2v) is 4.44. The van der Waals surface area contributed by atoms with Gasteiger partial charge in [-0.3, -0.25) is 9.59 Å². The molecule has 0 spiro atoms. The van der Waals surface area contributed by atoms with E-state index in [1.165, 1.54) is 26.2 Å². The lowest BCUT2D eigenvalue weighted by molar-refractivity contribution is -1.02. The molecule has 0 saturated heterocycles. The first-order chi connectivity index (χ1) is 11.4. The SMILES string of the molecule is CO[n+]1onc(COC(=O)c2ccccc2OC(C)=O)c1C(N)=O. The van der Waals surface area contributed by atoms with Crippen molar-refractivity contribution in [3.05, 3.63) is 41.2 Å². The molecular weight excluding hydrogens is 322 g/mol. The van der Waals surface area contributed by atoms with Crippen molar-refractivity contribution in [3.8, 4) is 5.75 Å². The zero-order valence-corrected chi connectivity index (χ0v) is 12.8. The minimum atomic E-state index is -0.871. The molecule has 24 heavy (non-hydrogen) atoms. The van der Waals surface area contributed by atoms with Crippen molar-refractivity contribution in [1.82, 2.24) is 5.16 Å². The molecule has 0 atom stereocenters. The topological polar surface area (TPSA) is 135 Å². The Morgan fingerprint density at radius 2 is 2.00 bits per heavy atom. The maximum atomic E-state index is 12.2. The summed E-state index contributed by atoms with van der Waals surface area (Å²) in [7, 11) is 1.24. The highest BCUT2D eigenvalue weighted by molar-refractivity contribution is 5.93. The monoisotopic (exact) mass is 336 g/mol. The highest BCUT2D eigenvalue weighted by Gasteiger charge is 2.32. The standard InChI is InChI=1S/C14H13N3O7/c1-8(18)23-11-6-4-3-5-9(11)14(20)22-7-10-12(13(15)19)17(21-2)24-16-10/h3-6H,7H2,1-2H3,(H-,15,19)/p+1. The van der Waals surface area contributed by atoms with E-state index in [0.717, 1.165) is 0 Å². The number of amides is 1. The molecule has 0 radical (unpaired) electrons. The summed E-state index contributed by atoms with van der Waals surface area (Å²) < 4.78 is 14.7. The van der Waals surface area contributed by atoms with Crippen LogP contribution in [0.25, 0.3) is 0 Å². The number of ether oxygens (including phenoxy) is 2. The van der Waals surface area contributed by atoms with E-state index in [4.69, 9.17) is 24.7 Å². The van der Waals surface area contributed by atoms with Crippen molar-refractivity contribution >= 4 is 17.8 Å². The molecular formula is C14H14N3O7+. The van der Waals surface area contributed by atoms with E-state index >= 15 is 0 Å². The Balaban J connectivity index is 2.16. The van der Waals surface area contributed by atoms with Crippen LogP contribution < -0.4 is 20.2 Å². The smallest absolute Gasteiger partial charge is 0.342 e. The van der Waals surface area contributed by atoms with Gasteiger partial charge in [-0.1, -0.05) is 12.1 Å². The summed E-state index contributed by atoms with van der Waals surface area (Å²) in [5, 5.41) is 3.54. The minimum absolute atomic E-state index is 0.0253. The Morgan fingerprint density at radius 1 is 1.29 bits per heavy atom. The van der Waals surface area contributed by atoms with Crippen LogP contribution >= 0.6 is 0 Å². The molecule has 126 valence electrons. The van der Waals surface area contributed by atoms with E-state index in [1.807, 2.05) is 0 Å². The van der Waals surface area contributed by atoms with E-state index in [9.17, 15) is 14.4 Å². The fourth-order valence-corrected chi connectivity index (χ4v) is 1.82. The molecule has 1 amide bonds. The van der Waals surface area contributed by atoms with Gasteiger partial charge in [-0.05, 0) is 16.8 Å². The Kier molecular flexibility index (Phi) is 5.09. The second-order valence-electron chi connectivity index (χ2n) is 4.44. The van der Waals surface area contributed by atoms with Gasteiger partial charge in [0, 0.05) is 6.92 Å². The number of para-hydroxylation sites is 1. The van der Waals surface area contributed by atoms with Gasteiger partial charge in [-0.25, -0.2) is 4.79 Å². The number of carbonyl (C=O) groups is 3.